The molecule has 1 nitrogen and oxygen atoms in total. The van der Waals surface area contributed by atoms with Gasteiger partial charge in [0, 0.05) is 6.54 Å². The smallest absolute Gasteiger partial charge is 0.0178 e. The van der Waals surface area contributed by atoms with Gasteiger partial charge in [-0.3, -0.25) is 0 Å². The Labute approximate surface area is 100 Å². The molecule has 0 heterocycles. The predicted molar refractivity (Wildman–Crippen MR) is 71.7 cm³/mol. The van der Waals surface area contributed by atoms with Crippen LogP contribution in [0, 0.1) is 0 Å². The second-order valence-electron chi connectivity index (χ2n) is 6.58. The van der Waals surface area contributed by atoms with Crippen LogP contribution in [0.3, 0.4) is 0 Å². The van der Waals surface area contributed by atoms with E-state index in [2.05, 4.69) is 59.7 Å². The number of rotatable bonds is 1. The molecule has 0 aliphatic carbocycles. The van der Waals surface area contributed by atoms with E-state index in [-0.39, 0.29) is 10.8 Å². The van der Waals surface area contributed by atoms with E-state index in [4.69, 9.17) is 5.73 Å². The molecule has 0 radical (unpaired) electrons. The van der Waals surface area contributed by atoms with Gasteiger partial charge < -0.3 is 5.73 Å². The highest BCUT2D eigenvalue weighted by molar-refractivity contribution is 5.40. The van der Waals surface area contributed by atoms with Crippen molar-refractivity contribution in [1.82, 2.24) is 0 Å². The van der Waals surface area contributed by atoms with Crippen molar-refractivity contribution in [3.8, 4) is 0 Å². The van der Waals surface area contributed by atoms with E-state index in [1.165, 1.54) is 16.7 Å². The standard InChI is InChI=1S/C15H25N/c1-14(2,3)12-8-7-11(10-16)9-13(12)15(4,5)6/h7-9H,10,16H2,1-6H3. The Kier molecular flexibility index (Phi) is 3.49. The van der Waals surface area contributed by atoms with Crippen molar-refractivity contribution in [3.63, 3.8) is 0 Å². The first-order chi connectivity index (χ1) is 7.16. The molecule has 0 bridgehead atoms. The Morgan fingerprint density at radius 3 is 1.75 bits per heavy atom. The van der Waals surface area contributed by atoms with E-state index in [1.807, 2.05) is 0 Å². The van der Waals surface area contributed by atoms with Crippen molar-refractivity contribution in [3.05, 3.63) is 34.9 Å². The molecule has 0 saturated carbocycles. The first kappa shape index (κ1) is 13.2. The lowest BCUT2D eigenvalue weighted by Gasteiger charge is -2.30. The molecule has 1 aromatic rings. The van der Waals surface area contributed by atoms with Gasteiger partial charge >= 0.3 is 0 Å². The number of hydrogen-bond acceptors (Lipinski definition) is 1. The SMILES string of the molecule is CC(C)(C)c1ccc(CN)cc1C(C)(C)C. The van der Waals surface area contributed by atoms with Crippen LogP contribution < -0.4 is 5.73 Å². The van der Waals surface area contributed by atoms with Gasteiger partial charge in [-0.15, -0.1) is 0 Å². The summed E-state index contributed by atoms with van der Waals surface area (Å²) in [6, 6.07) is 6.65. The molecule has 16 heavy (non-hydrogen) atoms. The van der Waals surface area contributed by atoms with Gasteiger partial charge in [0.1, 0.15) is 0 Å². The maximum Gasteiger partial charge on any atom is 0.0178 e. The minimum atomic E-state index is 0.174. The summed E-state index contributed by atoms with van der Waals surface area (Å²) in [7, 11) is 0. The summed E-state index contributed by atoms with van der Waals surface area (Å²) in [5, 5.41) is 0. The van der Waals surface area contributed by atoms with Crippen LogP contribution in [-0.4, -0.2) is 0 Å². The van der Waals surface area contributed by atoms with Crippen molar-refractivity contribution in [2.24, 2.45) is 5.73 Å². The van der Waals surface area contributed by atoms with Gasteiger partial charge in [-0.2, -0.15) is 0 Å². The third-order valence-electron chi connectivity index (χ3n) is 2.94. The van der Waals surface area contributed by atoms with Crippen molar-refractivity contribution in [2.75, 3.05) is 0 Å². The van der Waals surface area contributed by atoms with Gasteiger partial charge in [0.2, 0.25) is 0 Å². The van der Waals surface area contributed by atoms with Crippen molar-refractivity contribution in [2.45, 2.75) is 58.9 Å². The first-order valence-corrected chi connectivity index (χ1v) is 6.00. The Hall–Kier alpha value is -0.820. The Morgan fingerprint density at radius 2 is 1.38 bits per heavy atom. The molecule has 0 atom stereocenters. The molecule has 0 amide bonds. The number of nitrogens with two attached hydrogens (primary N) is 1. The van der Waals surface area contributed by atoms with E-state index in [9.17, 15) is 0 Å². The van der Waals surface area contributed by atoms with Crippen LogP contribution in [0.4, 0.5) is 0 Å². The van der Waals surface area contributed by atoms with Crippen molar-refractivity contribution < 1.29 is 0 Å². The van der Waals surface area contributed by atoms with Gasteiger partial charge in [-0.25, -0.2) is 0 Å². The highest BCUT2D eigenvalue weighted by atomic mass is 14.5. The molecular formula is C15H25N. The summed E-state index contributed by atoms with van der Waals surface area (Å²) in [5.41, 5.74) is 10.2. The molecule has 0 aliphatic heterocycles. The van der Waals surface area contributed by atoms with E-state index in [0.29, 0.717) is 6.54 Å². The maximum absolute atomic E-state index is 5.72. The fourth-order valence-electron chi connectivity index (χ4n) is 1.99. The Balaban J connectivity index is 3.40. The van der Waals surface area contributed by atoms with Gasteiger partial charge in [0.25, 0.3) is 0 Å². The molecular weight excluding hydrogens is 194 g/mol. The molecule has 0 spiro atoms. The zero-order chi connectivity index (χ0) is 12.6. The van der Waals surface area contributed by atoms with Crippen LogP contribution in [0.1, 0.15) is 58.2 Å². The summed E-state index contributed by atoms with van der Waals surface area (Å²) >= 11 is 0. The van der Waals surface area contributed by atoms with E-state index >= 15 is 0 Å². The van der Waals surface area contributed by atoms with Gasteiger partial charge in [0.05, 0.1) is 0 Å². The summed E-state index contributed by atoms with van der Waals surface area (Å²) < 4.78 is 0. The topological polar surface area (TPSA) is 26.0 Å². The van der Waals surface area contributed by atoms with Crippen LogP contribution in [0.25, 0.3) is 0 Å². The summed E-state index contributed by atoms with van der Waals surface area (Å²) in [5.74, 6) is 0. The zero-order valence-corrected chi connectivity index (χ0v) is 11.5. The predicted octanol–water partition coefficient (Wildman–Crippen LogP) is 3.74. The van der Waals surface area contributed by atoms with Crippen LogP contribution in [0.5, 0.6) is 0 Å². The minimum absolute atomic E-state index is 0.174. The fraction of sp³-hybridized carbons (Fsp3) is 0.600. The lowest BCUT2D eigenvalue weighted by molar-refractivity contribution is 0.529. The molecule has 1 rings (SSSR count). The highest BCUT2D eigenvalue weighted by Crippen LogP contribution is 2.34. The third kappa shape index (κ3) is 2.85. The molecule has 90 valence electrons. The average Bonchev–Trinajstić information content (AvgIpc) is 2.14. The zero-order valence-electron chi connectivity index (χ0n) is 11.5. The third-order valence-corrected chi connectivity index (χ3v) is 2.94. The summed E-state index contributed by atoms with van der Waals surface area (Å²) in [6.45, 7) is 14.2. The highest BCUT2D eigenvalue weighted by Gasteiger charge is 2.24. The fourth-order valence-corrected chi connectivity index (χ4v) is 1.99. The van der Waals surface area contributed by atoms with Crippen LogP contribution in [-0.2, 0) is 17.4 Å². The Morgan fingerprint density at radius 1 is 0.875 bits per heavy atom. The largest absolute Gasteiger partial charge is 0.326 e. The van der Waals surface area contributed by atoms with Crippen LogP contribution in [0.2, 0.25) is 0 Å². The second kappa shape index (κ2) is 4.21. The van der Waals surface area contributed by atoms with Crippen LogP contribution in [0.15, 0.2) is 18.2 Å². The maximum atomic E-state index is 5.72. The van der Waals surface area contributed by atoms with Gasteiger partial charge in [-0.05, 0) is 27.5 Å². The monoisotopic (exact) mass is 219 g/mol. The van der Waals surface area contributed by atoms with Gasteiger partial charge in [0.15, 0.2) is 0 Å². The first-order valence-electron chi connectivity index (χ1n) is 6.00. The van der Waals surface area contributed by atoms with E-state index in [1.54, 1.807) is 0 Å². The number of hydrogen-bond donors (Lipinski definition) is 1. The quantitative estimate of drug-likeness (QED) is 0.765. The van der Waals surface area contributed by atoms with E-state index < -0.39 is 0 Å². The average molecular weight is 219 g/mol. The molecule has 0 unspecified atom stereocenters. The Bertz CT molecular complexity index is 364. The summed E-state index contributed by atoms with van der Waals surface area (Å²) in [4.78, 5) is 0. The molecule has 0 aromatic heterocycles. The normalized spacial score (nSPS) is 12.9. The van der Waals surface area contributed by atoms with Crippen molar-refractivity contribution >= 4 is 0 Å². The second-order valence-corrected chi connectivity index (χ2v) is 6.58. The molecule has 1 aromatic carbocycles. The molecule has 1 heteroatoms. The lowest BCUT2D eigenvalue weighted by Crippen LogP contribution is -2.22. The molecule has 2 N–H and O–H groups in total. The van der Waals surface area contributed by atoms with Crippen molar-refractivity contribution in [1.29, 1.82) is 0 Å². The molecule has 0 fully saturated rings. The number of benzene rings is 1. The van der Waals surface area contributed by atoms with Gasteiger partial charge in [-0.1, -0.05) is 59.7 Å². The van der Waals surface area contributed by atoms with Crippen LogP contribution >= 0.6 is 0 Å². The minimum Gasteiger partial charge on any atom is -0.326 e. The molecule has 0 saturated heterocycles. The molecule has 0 aliphatic rings. The lowest BCUT2D eigenvalue weighted by atomic mass is 9.75. The van der Waals surface area contributed by atoms with E-state index in [0.717, 1.165) is 0 Å². The summed E-state index contributed by atoms with van der Waals surface area (Å²) in [6.07, 6.45) is 0.